The van der Waals surface area contributed by atoms with Crippen LogP contribution >= 0.6 is 11.8 Å². The van der Waals surface area contributed by atoms with Gasteiger partial charge >= 0.3 is 6.18 Å². The van der Waals surface area contributed by atoms with Gasteiger partial charge in [0.15, 0.2) is 0 Å². The summed E-state index contributed by atoms with van der Waals surface area (Å²) in [4.78, 5) is 13.9. The van der Waals surface area contributed by atoms with Gasteiger partial charge in [0.05, 0.1) is 35.9 Å². The summed E-state index contributed by atoms with van der Waals surface area (Å²) < 4.78 is 44.2. The van der Waals surface area contributed by atoms with Crippen LogP contribution in [0, 0.1) is 0 Å². The Hall–Kier alpha value is -1.45. The molecule has 0 aliphatic carbocycles. The lowest BCUT2D eigenvalue weighted by atomic mass is 10.1. The van der Waals surface area contributed by atoms with Crippen molar-refractivity contribution in [2.24, 2.45) is 5.73 Å². The number of anilines is 2. The van der Waals surface area contributed by atoms with E-state index in [4.69, 9.17) is 10.5 Å². The number of carbonyl (C=O) groups excluding carboxylic acids is 1. The smallest absolute Gasteiger partial charge is 0.378 e. The Kier molecular flexibility index (Phi) is 6.76. The summed E-state index contributed by atoms with van der Waals surface area (Å²) >= 11 is 1.34. The molecule has 1 aliphatic rings. The number of amides is 1. The van der Waals surface area contributed by atoms with Gasteiger partial charge in [-0.3, -0.25) is 4.79 Å². The zero-order chi connectivity index (χ0) is 17.6. The second kappa shape index (κ2) is 8.59. The molecule has 1 heterocycles. The minimum absolute atomic E-state index is 0.149. The molecule has 0 atom stereocenters. The number of hydrogen-bond acceptors (Lipinski definition) is 5. The largest absolute Gasteiger partial charge is 0.416 e. The number of benzene rings is 1. The van der Waals surface area contributed by atoms with Crippen molar-refractivity contribution in [3.8, 4) is 0 Å². The maximum Gasteiger partial charge on any atom is 0.416 e. The topological polar surface area (TPSA) is 67.6 Å². The van der Waals surface area contributed by atoms with Crippen LogP contribution in [0.2, 0.25) is 0 Å². The van der Waals surface area contributed by atoms with Crippen LogP contribution in [-0.2, 0) is 15.7 Å². The van der Waals surface area contributed by atoms with Crippen molar-refractivity contribution in [1.82, 2.24) is 0 Å². The summed E-state index contributed by atoms with van der Waals surface area (Å²) in [6.07, 6.45) is -4.46. The molecular weight excluding hydrogens is 343 g/mol. The molecule has 9 heteroatoms. The zero-order valence-electron chi connectivity index (χ0n) is 13.1. The van der Waals surface area contributed by atoms with E-state index in [0.29, 0.717) is 44.3 Å². The number of nitrogens with one attached hydrogen (secondary N) is 1. The third-order valence-corrected chi connectivity index (χ3v) is 4.44. The molecule has 1 saturated heterocycles. The summed E-state index contributed by atoms with van der Waals surface area (Å²) in [5.74, 6) is 0.421. The van der Waals surface area contributed by atoms with Gasteiger partial charge in [0.25, 0.3) is 0 Å². The lowest BCUT2D eigenvalue weighted by Crippen LogP contribution is -2.37. The fraction of sp³-hybridized carbons (Fsp3) is 0.533. The average molecular weight is 363 g/mol. The Morgan fingerprint density at radius 2 is 2.04 bits per heavy atom. The monoisotopic (exact) mass is 363 g/mol. The molecule has 0 radical (unpaired) electrons. The van der Waals surface area contributed by atoms with E-state index in [2.05, 4.69) is 5.32 Å². The third-order valence-electron chi connectivity index (χ3n) is 3.45. The second-order valence-electron chi connectivity index (χ2n) is 5.22. The fourth-order valence-corrected chi connectivity index (χ4v) is 2.90. The molecule has 0 spiro atoms. The molecule has 1 aromatic rings. The van der Waals surface area contributed by atoms with Crippen molar-refractivity contribution >= 4 is 29.0 Å². The first kappa shape index (κ1) is 18.9. The fourth-order valence-electron chi connectivity index (χ4n) is 2.33. The van der Waals surface area contributed by atoms with Crippen molar-refractivity contribution in [2.75, 3.05) is 54.6 Å². The number of carbonyl (C=O) groups is 1. The molecule has 24 heavy (non-hydrogen) atoms. The second-order valence-corrected chi connectivity index (χ2v) is 6.32. The van der Waals surface area contributed by atoms with Crippen LogP contribution in [0.25, 0.3) is 0 Å². The Bertz CT molecular complexity index is 563. The number of ether oxygens (including phenoxy) is 1. The van der Waals surface area contributed by atoms with Crippen molar-refractivity contribution < 1.29 is 22.7 Å². The molecule has 5 nitrogen and oxygen atoms in total. The zero-order valence-corrected chi connectivity index (χ0v) is 13.9. The predicted octanol–water partition coefficient (Wildman–Crippen LogP) is 2.17. The van der Waals surface area contributed by atoms with E-state index in [9.17, 15) is 18.0 Å². The molecule has 2 rings (SSSR count). The highest BCUT2D eigenvalue weighted by Crippen LogP contribution is 2.35. The summed E-state index contributed by atoms with van der Waals surface area (Å²) in [7, 11) is 0. The average Bonchev–Trinajstić information content (AvgIpc) is 2.55. The summed E-state index contributed by atoms with van der Waals surface area (Å²) in [6, 6.07) is 3.41. The molecule has 0 bridgehead atoms. The van der Waals surface area contributed by atoms with E-state index < -0.39 is 11.7 Å². The molecule has 0 unspecified atom stereocenters. The molecule has 0 aromatic heterocycles. The van der Waals surface area contributed by atoms with Crippen molar-refractivity contribution in [2.45, 2.75) is 6.18 Å². The SMILES string of the molecule is NCCSCC(=O)Nc1cc(C(F)(F)F)ccc1N1CCOCC1. The molecule has 1 aromatic carbocycles. The van der Waals surface area contributed by atoms with Gasteiger partial charge in [-0.05, 0) is 18.2 Å². The number of hydrogen-bond donors (Lipinski definition) is 2. The van der Waals surface area contributed by atoms with Crippen LogP contribution < -0.4 is 16.0 Å². The van der Waals surface area contributed by atoms with Gasteiger partial charge in [0, 0.05) is 25.4 Å². The number of halogens is 3. The lowest BCUT2D eigenvalue weighted by Gasteiger charge is -2.31. The minimum Gasteiger partial charge on any atom is -0.378 e. The van der Waals surface area contributed by atoms with Crippen molar-refractivity contribution in [3.63, 3.8) is 0 Å². The summed E-state index contributed by atoms with van der Waals surface area (Å²) in [6.45, 7) is 2.58. The van der Waals surface area contributed by atoms with E-state index in [-0.39, 0.29) is 17.3 Å². The summed E-state index contributed by atoms with van der Waals surface area (Å²) in [5.41, 5.74) is 5.32. The predicted molar refractivity (Wildman–Crippen MR) is 89.5 cm³/mol. The third kappa shape index (κ3) is 5.29. The van der Waals surface area contributed by atoms with E-state index in [1.165, 1.54) is 17.8 Å². The number of nitrogens with two attached hydrogens (primary N) is 1. The van der Waals surface area contributed by atoms with Gasteiger partial charge in [0.2, 0.25) is 5.91 Å². The molecule has 1 aliphatic heterocycles. The highest BCUT2D eigenvalue weighted by Gasteiger charge is 2.31. The standard InChI is InChI=1S/C15H20F3N3O2S/c16-15(17,18)11-1-2-13(21-4-6-23-7-5-21)12(9-11)20-14(22)10-24-8-3-19/h1-2,9H,3-8,10,19H2,(H,20,22). The van der Waals surface area contributed by atoms with Gasteiger partial charge in [-0.2, -0.15) is 24.9 Å². The van der Waals surface area contributed by atoms with Crippen molar-refractivity contribution in [1.29, 1.82) is 0 Å². The lowest BCUT2D eigenvalue weighted by molar-refractivity contribution is -0.137. The highest BCUT2D eigenvalue weighted by molar-refractivity contribution is 7.99. The quantitative estimate of drug-likeness (QED) is 0.759. The Morgan fingerprint density at radius 3 is 2.67 bits per heavy atom. The number of alkyl halides is 3. The van der Waals surface area contributed by atoms with Crippen LogP contribution in [-0.4, -0.2) is 50.3 Å². The maximum absolute atomic E-state index is 13.0. The van der Waals surface area contributed by atoms with Crippen LogP contribution in [0.4, 0.5) is 24.5 Å². The number of morpholine rings is 1. The first-order chi connectivity index (χ1) is 11.4. The Morgan fingerprint density at radius 1 is 1.33 bits per heavy atom. The van der Waals surface area contributed by atoms with E-state index in [1.54, 1.807) is 0 Å². The highest BCUT2D eigenvalue weighted by atomic mass is 32.2. The Balaban J connectivity index is 2.21. The van der Waals surface area contributed by atoms with Crippen LogP contribution in [0.1, 0.15) is 5.56 Å². The maximum atomic E-state index is 13.0. The molecular formula is C15H20F3N3O2S. The Labute approximate surface area is 142 Å². The van der Waals surface area contributed by atoms with E-state index in [0.717, 1.165) is 12.1 Å². The van der Waals surface area contributed by atoms with Gasteiger partial charge in [-0.15, -0.1) is 0 Å². The first-order valence-electron chi connectivity index (χ1n) is 7.53. The number of nitrogens with zero attached hydrogens (tertiary/aromatic N) is 1. The van der Waals surface area contributed by atoms with Crippen LogP contribution in [0.15, 0.2) is 18.2 Å². The van der Waals surface area contributed by atoms with Crippen LogP contribution in [0.3, 0.4) is 0 Å². The first-order valence-corrected chi connectivity index (χ1v) is 8.69. The van der Waals surface area contributed by atoms with Gasteiger partial charge in [0.1, 0.15) is 0 Å². The van der Waals surface area contributed by atoms with Gasteiger partial charge in [-0.1, -0.05) is 0 Å². The van der Waals surface area contributed by atoms with Gasteiger partial charge < -0.3 is 20.7 Å². The van der Waals surface area contributed by atoms with Crippen molar-refractivity contribution in [3.05, 3.63) is 23.8 Å². The van der Waals surface area contributed by atoms with Gasteiger partial charge in [-0.25, -0.2) is 0 Å². The number of thioether (sulfide) groups is 1. The molecule has 1 amide bonds. The van der Waals surface area contributed by atoms with E-state index >= 15 is 0 Å². The molecule has 1 fully saturated rings. The molecule has 3 N–H and O–H groups in total. The van der Waals surface area contributed by atoms with Crippen LogP contribution in [0.5, 0.6) is 0 Å². The normalized spacial score (nSPS) is 15.4. The molecule has 134 valence electrons. The number of rotatable bonds is 6. The minimum atomic E-state index is -4.46. The molecule has 0 saturated carbocycles. The summed E-state index contributed by atoms with van der Waals surface area (Å²) in [5, 5.41) is 2.60. The van der Waals surface area contributed by atoms with E-state index in [1.807, 2.05) is 4.90 Å².